The van der Waals surface area contributed by atoms with Gasteiger partial charge in [0.25, 0.3) is 0 Å². The third-order valence-corrected chi connectivity index (χ3v) is 6.31. The number of phenolic OH excluding ortho intramolecular Hbond substituents is 1. The number of aromatic hydroxyl groups is 1. The van der Waals surface area contributed by atoms with E-state index in [1.54, 1.807) is 18.2 Å². The zero-order valence-electron chi connectivity index (χ0n) is 17.3. The Labute approximate surface area is 162 Å². The second-order valence-electron chi connectivity index (χ2n) is 9.27. The molecule has 0 saturated heterocycles. The predicted octanol–water partition coefficient (Wildman–Crippen LogP) is 6.44. The summed E-state index contributed by atoms with van der Waals surface area (Å²) in [5, 5.41) is 9.48. The largest absolute Gasteiger partial charge is 0.508 e. The number of alkyl halides is 1. The predicted molar refractivity (Wildman–Crippen MR) is 109 cm³/mol. The number of methoxy groups -OCH3 is 1. The average Bonchev–Trinajstić information content (AvgIpc) is 2.60. The molecule has 0 aliphatic heterocycles. The van der Waals surface area contributed by atoms with Crippen molar-refractivity contribution in [1.82, 2.24) is 0 Å². The molecule has 2 aliphatic rings. The molecule has 1 N–H and O–H groups in total. The van der Waals surface area contributed by atoms with Crippen LogP contribution in [0, 0.1) is 16.7 Å². The lowest BCUT2D eigenvalue weighted by Crippen LogP contribution is -2.42. The molecule has 0 amide bonds. The number of ether oxygens (including phenoxy) is 1. The Balaban J connectivity index is 2.08. The Hall–Kier alpha value is -1.87. The number of benzene rings is 1. The molecule has 2 nitrogen and oxygen atoms in total. The van der Waals surface area contributed by atoms with Crippen LogP contribution in [0.4, 0.5) is 4.39 Å². The van der Waals surface area contributed by atoms with Crippen LogP contribution in [0.15, 0.2) is 53.1 Å². The van der Waals surface area contributed by atoms with Gasteiger partial charge in [-0.1, -0.05) is 57.6 Å². The first-order valence-corrected chi connectivity index (χ1v) is 9.66. The molecule has 3 heteroatoms. The highest BCUT2D eigenvalue weighted by molar-refractivity contribution is 5.57. The minimum Gasteiger partial charge on any atom is -0.508 e. The van der Waals surface area contributed by atoms with E-state index in [9.17, 15) is 5.11 Å². The molecule has 0 radical (unpaired) electrons. The summed E-state index contributed by atoms with van der Waals surface area (Å²) in [5.74, 6) is -2.12. The molecular formula is C24H31FO2. The summed E-state index contributed by atoms with van der Waals surface area (Å²) in [4.78, 5) is 0. The first-order chi connectivity index (χ1) is 12.5. The molecule has 0 heterocycles. The van der Waals surface area contributed by atoms with Gasteiger partial charge in [-0.2, -0.15) is 0 Å². The third kappa shape index (κ3) is 3.62. The van der Waals surface area contributed by atoms with Gasteiger partial charge in [0.15, 0.2) is 0 Å². The molecule has 1 saturated carbocycles. The quantitative estimate of drug-likeness (QED) is 0.664. The molecule has 3 rings (SSSR count). The SMILES string of the molecule is COC1(F)C=C2C(=CC1/C(C)=C/c1ccc(O)cc1)C(C)(C)CCC2(C)C. The molecule has 2 aliphatic carbocycles. The van der Waals surface area contributed by atoms with Gasteiger partial charge in [-0.3, -0.25) is 0 Å². The Morgan fingerprint density at radius 2 is 1.63 bits per heavy atom. The molecule has 0 bridgehead atoms. The average molecular weight is 371 g/mol. The van der Waals surface area contributed by atoms with Gasteiger partial charge in [-0.25, -0.2) is 4.39 Å². The van der Waals surface area contributed by atoms with Crippen LogP contribution in [0.5, 0.6) is 5.75 Å². The van der Waals surface area contributed by atoms with Crippen molar-refractivity contribution in [2.75, 3.05) is 7.11 Å². The highest BCUT2D eigenvalue weighted by Gasteiger charge is 2.48. The van der Waals surface area contributed by atoms with Gasteiger partial charge in [-0.05, 0) is 65.5 Å². The Bertz CT molecular complexity index is 811. The van der Waals surface area contributed by atoms with Crippen LogP contribution < -0.4 is 0 Å². The lowest BCUT2D eigenvalue weighted by Gasteiger charge is -2.48. The zero-order valence-corrected chi connectivity index (χ0v) is 17.3. The van der Waals surface area contributed by atoms with Crippen molar-refractivity contribution in [3.05, 3.63) is 58.7 Å². The minimum absolute atomic E-state index is 0.0213. The molecule has 27 heavy (non-hydrogen) atoms. The summed E-state index contributed by atoms with van der Waals surface area (Å²) < 4.78 is 21.3. The first kappa shape index (κ1) is 19.9. The van der Waals surface area contributed by atoms with Crippen molar-refractivity contribution >= 4 is 6.08 Å². The molecule has 2 unspecified atom stereocenters. The van der Waals surface area contributed by atoms with Crippen LogP contribution in [0.2, 0.25) is 0 Å². The molecule has 146 valence electrons. The van der Waals surface area contributed by atoms with Gasteiger partial charge in [0.1, 0.15) is 5.75 Å². The maximum atomic E-state index is 15.9. The number of allylic oxidation sites excluding steroid dienone is 2. The third-order valence-electron chi connectivity index (χ3n) is 6.31. The van der Waals surface area contributed by atoms with Gasteiger partial charge >= 0.3 is 0 Å². The van der Waals surface area contributed by atoms with Crippen molar-refractivity contribution in [1.29, 1.82) is 0 Å². The van der Waals surface area contributed by atoms with Crippen molar-refractivity contribution in [3.63, 3.8) is 0 Å². The summed E-state index contributed by atoms with van der Waals surface area (Å²) in [5.41, 5.74) is 4.11. The summed E-state index contributed by atoms with van der Waals surface area (Å²) in [6.45, 7) is 10.8. The summed E-state index contributed by atoms with van der Waals surface area (Å²) >= 11 is 0. The number of phenols is 1. The van der Waals surface area contributed by atoms with Gasteiger partial charge < -0.3 is 9.84 Å². The van der Waals surface area contributed by atoms with Gasteiger partial charge in [0.2, 0.25) is 5.85 Å². The second-order valence-corrected chi connectivity index (χ2v) is 9.27. The van der Waals surface area contributed by atoms with E-state index in [4.69, 9.17) is 4.74 Å². The topological polar surface area (TPSA) is 29.5 Å². The van der Waals surface area contributed by atoms with E-state index in [-0.39, 0.29) is 16.6 Å². The summed E-state index contributed by atoms with van der Waals surface area (Å²) in [7, 11) is 1.44. The van der Waals surface area contributed by atoms with Crippen molar-refractivity contribution in [3.8, 4) is 5.75 Å². The second kappa shape index (κ2) is 6.63. The standard InChI is InChI=1S/C24H31FO2/c1-16(13-17-7-9-18(26)10-8-17)19-14-20-21(15-24(19,25)27-6)23(4,5)12-11-22(20,2)3/h7-10,13-15,19,26H,11-12H2,1-6H3/b16-13+. The monoisotopic (exact) mass is 370 g/mol. The Kier molecular flexibility index (Phi) is 4.88. The molecule has 0 aromatic heterocycles. The Morgan fingerprint density at radius 3 is 2.19 bits per heavy atom. The maximum Gasteiger partial charge on any atom is 0.238 e. The Morgan fingerprint density at radius 1 is 1.07 bits per heavy atom. The molecule has 0 spiro atoms. The van der Waals surface area contributed by atoms with E-state index in [0.29, 0.717) is 0 Å². The fourth-order valence-electron chi connectivity index (χ4n) is 4.33. The lowest BCUT2D eigenvalue weighted by molar-refractivity contribution is -0.103. The first-order valence-electron chi connectivity index (χ1n) is 9.66. The van der Waals surface area contributed by atoms with E-state index < -0.39 is 11.8 Å². The maximum absolute atomic E-state index is 15.9. The van der Waals surface area contributed by atoms with Crippen LogP contribution in [0.25, 0.3) is 6.08 Å². The van der Waals surface area contributed by atoms with Crippen LogP contribution in [-0.2, 0) is 4.74 Å². The van der Waals surface area contributed by atoms with Crippen molar-refractivity contribution in [2.24, 2.45) is 16.7 Å². The lowest BCUT2D eigenvalue weighted by atomic mass is 9.58. The van der Waals surface area contributed by atoms with Crippen LogP contribution in [0.3, 0.4) is 0 Å². The van der Waals surface area contributed by atoms with E-state index in [1.807, 2.05) is 25.1 Å². The van der Waals surface area contributed by atoms with Gasteiger partial charge in [0, 0.05) is 7.11 Å². The van der Waals surface area contributed by atoms with Crippen LogP contribution >= 0.6 is 0 Å². The number of halogens is 1. The highest BCUT2D eigenvalue weighted by Crippen LogP contribution is 2.56. The molecule has 1 fully saturated rings. The fraction of sp³-hybridized carbons (Fsp3) is 0.500. The summed E-state index contributed by atoms with van der Waals surface area (Å²) in [6.07, 6.45) is 7.90. The van der Waals surface area contributed by atoms with E-state index >= 15 is 4.39 Å². The van der Waals surface area contributed by atoms with Crippen molar-refractivity contribution in [2.45, 2.75) is 53.3 Å². The fourth-order valence-corrected chi connectivity index (χ4v) is 4.33. The van der Waals surface area contributed by atoms with Crippen LogP contribution in [0.1, 0.15) is 53.0 Å². The zero-order chi connectivity index (χ0) is 20.0. The number of hydrogen-bond donors (Lipinski definition) is 1. The highest BCUT2D eigenvalue weighted by atomic mass is 19.2. The summed E-state index contributed by atoms with van der Waals surface area (Å²) in [6, 6.07) is 6.94. The van der Waals surface area contributed by atoms with E-state index in [1.165, 1.54) is 12.7 Å². The molecule has 2 atom stereocenters. The number of rotatable bonds is 3. The molecule has 1 aromatic rings. The van der Waals surface area contributed by atoms with E-state index in [2.05, 4.69) is 33.8 Å². The number of hydrogen-bond acceptors (Lipinski definition) is 2. The van der Waals surface area contributed by atoms with Crippen LogP contribution in [-0.4, -0.2) is 18.1 Å². The molecular weight excluding hydrogens is 339 g/mol. The molecule has 1 aromatic carbocycles. The van der Waals surface area contributed by atoms with Crippen molar-refractivity contribution < 1.29 is 14.2 Å². The normalized spacial score (nSPS) is 29.6. The van der Waals surface area contributed by atoms with Gasteiger partial charge in [-0.15, -0.1) is 0 Å². The minimum atomic E-state index is -1.86. The van der Waals surface area contributed by atoms with Gasteiger partial charge in [0.05, 0.1) is 5.92 Å². The number of fused-ring (bicyclic) bond motifs is 1. The smallest absolute Gasteiger partial charge is 0.238 e. The van der Waals surface area contributed by atoms with E-state index in [0.717, 1.165) is 29.6 Å².